The average molecular weight is 471 g/mol. The Bertz CT molecular complexity index is 1210. The fourth-order valence-corrected chi connectivity index (χ4v) is 7.08. The molecule has 0 amide bonds. The van der Waals surface area contributed by atoms with Crippen molar-refractivity contribution in [1.29, 1.82) is 0 Å². The average Bonchev–Trinajstić information content (AvgIpc) is 3.38. The van der Waals surface area contributed by atoms with Gasteiger partial charge in [-0.1, -0.05) is 127 Å². The first-order valence-corrected chi connectivity index (χ1v) is 14.6. The summed E-state index contributed by atoms with van der Waals surface area (Å²) in [6, 6.07) is 44.9. The van der Waals surface area contributed by atoms with E-state index in [0.717, 1.165) is 13.4 Å². The van der Waals surface area contributed by atoms with Crippen LogP contribution in [0.5, 0.6) is 0 Å². The highest BCUT2D eigenvalue weighted by atomic mass is 28.2. The molecule has 0 aliphatic heterocycles. The van der Waals surface area contributed by atoms with Gasteiger partial charge in [-0.3, -0.25) is 4.98 Å². The molecule has 0 fully saturated rings. The topological polar surface area (TPSA) is 17.8 Å². The molecule has 5 aromatic rings. The van der Waals surface area contributed by atoms with Crippen molar-refractivity contribution in [2.75, 3.05) is 0 Å². The second kappa shape index (κ2) is 11.7. The summed E-state index contributed by atoms with van der Waals surface area (Å²) < 4.78 is 2.41. The summed E-state index contributed by atoms with van der Waals surface area (Å²) in [5, 5.41) is 0. The minimum atomic E-state index is -0.351. The molecule has 0 unspecified atom stereocenters. The third kappa shape index (κ3) is 5.90. The van der Waals surface area contributed by atoms with Crippen molar-refractivity contribution in [1.82, 2.24) is 9.55 Å². The molecule has 172 valence electrons. The van der Waals surface area contributed by atoms with Gasteiger partial charge in [-0.2, -0.15) is 0 Å². The van der Waals surface area contributed by atoms with Crippen LogP contribution in [-0.4, -0.2) is 26.4 Å². The number of benzene rings is 4. The van der Waals surface area contributed by atoms with Crippen LogP contribution >= 0.6 is 0 Å². The van der Waals surface area contributed by atoms with Gasteiger partial charge in [0.1, 0.15) is 0 Å². The summed E-state index contributed by atoms with van der Waals surface area (Å²) >= 11 is 0. The van der Waals surface area contributed by atoms with Gasteiger partial charge in [0.25, 0.3) is 0 Å². The molecular weight excluding hydrogens is 439 g/mol. The van der Waals surface area contributed by atoms with Gasteiger partial charge in [-0.15, -0.1) is 0 Å². The molecule has 4 heteroatoms. The molecule has 0 radical (unpaired) electrons. The molecule has 4 aromatic carbocycles. The number of imidazole rings is 1. The molecule has 0 atom stereocenters. The zero-order valence-corrected chi connectivity index (χ0v) is 21.5. The highest BCUT2D eigenvalue weighted by Crippen LogP contribution is 2.28. The van der Waals surface area contributed by atoms with Crippen LogP contribution in [0.2, 0.25) is 6.04 Å². The number of hydrogen-bond donors (Lipinski definition) is 0. The van der Waals surface area contributed by atoms with Gasteiger partial charge in [0, 0.05) is 34.0 Å². The molecule has 5 rings (SSSR count). The Balaban J connectivity index is 1.32. The van der Waals surface area contributed by atoms with Gasteiger partial charge in [0.15, 0.2) is 0 Å². The van der Waals surface area contributed by atoms with Crippen LogP contribution in [-0.2, 0) is 6.17 Å². The SMILES string of the molecule is B(c1nccn1C[SiH2]CC(c1ccccc1)c1ccccc1)C(c1ccccc1)c1ccccc1. The monoisotopic (exact) mass is 470 g/mol. The third-order valence-corrected chi connectivity index (χ3v) is 8.67. The summed E-state index contributed by atoms with van der Waals surface area (Å²) in [6.45, 7) is 0. The zero-order chi connectivity index (χ0) is 23.7. The Kier molecular flexibility index (Phi) is 7.72. The number of nitrogens with zero attached hydrogens (tertiary/aromatic N) is 2. The van der Waals surface area contributed by atoms with Gasteiger partial charge in [0.2, 0.25) is 7.28 Å². The molecule has 1 heterocycles. The molecule has 0 saturated carbocycles. The minimum Gasteiger partial charge on any atom is -0.347 e. The first-order chi connectivity index (χ1) is 17.4. The first kappa shape index (κ1) is 23.1. The van der Waals surface area contributed by atoms with E-state index in [1.54, 1.807) is 0 Å². The summed E-state index contributed by atoms with van der Waals surface area (Å²) in [6.07, 6.45) is 5.26. The lowest BCUT2D eigenvalue weighted by molar-refractivity contribution is 0.862. The van der Waals surface area contributed by atoms with E-state index >= 15 is 0 Å². The van der Waals surface area contributed by atoms with E-state index in [-0.39, 0.29) is 9.52 Å². The van der Waals surface area contributed by atoms with Crippen molar-refractivity contribution >= 4 is 22.5 Å². The molecule has 35 heavy (non-hydrogen) atoms. The van der Waals surface area contributed by atoms with E-state index in [1.165, 1.54) is 34.0 Å². The van der Waals surface area contributed by atoms with Crippen LogP contribution in [0.1, 0.15) is 34.0 Å². The lowest BCUT2D eigenvalue weighted by Gasteiger charge is -2.19. The quantitative estimate of drug-likeness (QED) is 0.260. The molecule has 0 aliphatic rings. The van der Waals surface area contributed by atoms with Crippen LogP contribution < -0.4 is 5.72 Å². The normalized spacial score (nSPS) is 11.5. The first-order valence-electron chi connectivity index (χ1n) is 12.6. The molecule has 2 nitrogen and oxygen atoms in total. The molecule has 0 N–H and O–H groups in total. The Morgan fingerprint density at radius 2 is 1.09 bits per heavy atom. The van der Waals surface area contributed by atoms with E-state index in [2.05, 4.69) is 132 Å². The summed E-state index contributed by atoms with van der Waals surface area (Å²) in [5.74, 6) is 0.777. The lowest BCUT2D eigenvalue weighted by atomic mass is 9.58. The molecule has 1 aromatic heterocycles. The van der Waals surface area contributed by atoms with Crippen molar-refractivity contribution in [3.8, 4) is 0 Å². The molecule has 0 bridgehead atoms. The fourth-order valence-electron chi connectivity index (χ4n) is 5.08. The lowest BCUT2D eigenvalue weighted by Crippen LogP contribution is -2.32. The fraction of sp³-hybridized carbons (Fsp3) is 0.129. The highest BCUT2D eigenvalue weighted by Gasteiger charge is 2.20. The molecule has 0 aliphatic carbocycles. The largest absolute Gasteiger partial charge is 0.347 e. The second-order valence-corrected chi connectivity index (χ2v) is 10.9. The number of aromatic nitrogens is 2. The molecule has 0 spiro atoms. The van der Waals surface area contributed by atoms with Gasteiger partial charge in [0.05, 0.1) is 5.72 Å². The van der Waals surface area contributed by atoms with Crippen molar-refractivity contribution in [3.63, 3.8) is 0 Å². The molecule has 0 saturated heterocycles. The Labute approximate surface area is 211 Å². The highest BCUT2D eigenvalue weighted by molar-refractivity contribution is 6.54. The smallest absolute Gasteiger partial charge is 0.217 e. The van der Waals surface area contributed by atoms with E-state index in [9.17, 15) is 0 Å². The van der Waals surface area contributed by atoms with E-state index in [4.69, 9.17) is 4.98 Å². The van der Waals surface area contributed by atoms with Crippen LogP contribution in [0.4, 0.5) is 0 Å². The number of hydrogen-bond acceptors (Lipinski definition) is 1. The van der Waals surface area contributed by atoms with Crippen LogP contribution in [0.25, 0.3) is 0 Å². The zero-order valence-electron chi connectivity index (χ0n) is 20.1. The maximum atomic E-state index is 4.81. The van der Waals surface area contributed by atoms with Crippen LogP contribution in [0.15, 0.2) is 134 Å². The van der Waals surface area contributed by atoms with Gasteiger partial charge >= 0.3 is 0 Å². The van der Waals surface area contributed by atoms with Crippen LogP contribution in [0, 0.1) is 0 Å². The second-order valence-electron chi connectivity index (χ2n) is 9.13. The minimum absolute atomic E-state index is 0.307. The Morgan fingerprint density at radius 1 is 0.629 bits per heavy atom. The van der Waals surface area contributed by atoms with Crippen molar-refractivity contribution in [2.45, 2.75) is 23.9 Å². The summed E-state index contributed by atoms with van der Waals surface area (Å²) in [4.78, 5) is 4.81. The maximum Gasteiger partial charge on any atom is 0.217 e. The van der Waals surface area contributed by atoms with E-state index < -0.39 is 0 Å². The van der Waals surface area contributed by atoms with Crippen molar-refractivity contribution in [3.05, 3.63) is 156 Å². The summed E-state index contributed by atoms with van der Waals surface area (Å²) in [5.41, 5.74) is 6.72. The Hall–Kier alpha value is -3.63. The van der Waals surface area contributed by atoms with Crippen molar-refractivity contribution in [2.24, 2.45) is 0 Å². The summed E-state index contributed by atoms with van der Waals surface area (Å²) in [7, 11) is 0.562. The molecular formula is C31H31BN2Si. The predicted octanol–water partition coefficient (Wildman–Crippen LogP) is 5.11. The van der Waals surface area contributed by atoms with Crippen LogP contribution in [0.3, 0.4) is 0 Å². The van der Waals surface area contributed by atoms with Gasteiger partial charge < -0.3 is 4.57 Å². The number of rotatable bonds is 10. The van der Waals surface area contributed by atoms with E-state index in [1.807, 2.05) is 6.20 Å². The standard InChI is InChI=1S/C31H31BN2Si/c1-5-13-25(14-6-1)29(26-15-7-2-8-16-26)23-35-24-34-22-21-33-31(34)32-30(27-17-9-3-10-18-27)28-19-11-4-12-20-28/h1-22,29-30,32H,23-24,35H2. The van der Waals surface area contributed by atoms with Gasteiger partial charge in [-0.05, 0) is 28.1 Å². The maximum absolute atomic E-state index is 4.81. The van der Waals surface area contributed by atoms with Crippen molar-refractivity contribution < 1.29 is 0 Å². The Morgan fingerprint density at radius 3 is 1.57 bits per heavy atom. The third-order valence-electron chi connectivity index (χ3n) is 6.89. The van der Waals surface area contributed by atoms with Gasteiger partial charge in [-0.25, -0.2) is 0 Å². The van der Waals surface area contributed by atoms with E-state index in [0.29, 0.717) is 11.7 Å². The predicted molar refractivity (Wildman–Crippen MR) is 152 cm³/mol.